The minimum absolute atomic E-state index is 0.160. The van der Waals surface area contributed by atoms with Gasteiger partial charge in [0.2, 0.25) is 0 Å². The lowest BCUT2D eigenvalue weighted by molar-refractivity contribution is -0.397. The van der Waals surface area contributed by atoms with E-state index in [4.69, 9.17) is 0 Å². The third kappa shape index (κ3) is 3.20. The van der Waals surface area contributed by atoms with E-state index in [9.17, 15) is 34.9 Å². The monoisotopic (exact) mass is 323 g/mol. The molecule has 0 radical (unpaired) electrons. The molecule has 1 atom stereocenters. The second kappa shape index (κ2) is 6.05. The number of carboxylic acid groups (broad SMARTS) is 1. The first-order valence-corrected chi connectivity index (χ1v) is 6.06. The lowest BCUT2D eigenvalue weighted by Gasteiger charge is -2.15. The molecule has 0 fully saturated rings. The van der Waals surface area contributed by atoms with Crippen LogP contribution in [0.2, 0.25) is 0 Å². The molecule has 0 aliphatic rings. The van der Waals surface area contributed by atoms with Crippen molar-refractivity contribution in [2.45, 2.75) is 12.5 Å². The van der Waals surface area contributed by atoms with E-state index in [2.05, 4.69) is 9.97 Å². The van der Waals surface area contributed by atoms with Gasteiger partial charge in [-0.25, -0.2) is 9.78 Å². The van der Waals surface area contributed by atoms with Crippen molar-refractivity contribution in [1.82, 2.24) is 14.5 Å². The highest BCUT2D eigenvalue weighted by atomic mass is 16.6. The quantitative estimate of drug-likeness (QED) is 0.561. The largest absolute Gasteiger partial charge is 0.480 e. The average Bonchev–Trinajstić information content (AvgIpc) is 2.97. The Kier molecular flexibility index (Phi) is 4.16. The van der Waals surface area contributed by atoms with E-state index in [1.54, 1.807) is 0 Å². The molecule has 0 saturated heterocycles. The van der Waals surface area contributed by atoms with Crippen LogP contribution in [0.25, 0.3) is 0 Å². The summed E-state index contributed by atoms with van der Waals surface area (Å²) in [5.41, 5.74) is -3.13. The Morgan fingerprint density at radius 1 is 1.30 bits per heavy atom. The molecule has 2 heterocycles. The molecule has 12 heteroatoms. The van der Waals surface area contributed by atoms with Crippen LogP contribution in [0.5, 0.6) is 0 Å². The first-order valence-electron chi connectivity index (χ1n) is 6.06. The van der Waals surface area contributed by atoms with E-state index in [-0.39, 0.29) is 6.42 Å². The molecule has 2 rings (SSSR count). The van der Waals surface area contributed by atoms with Gasteiger partial charge in [0.1, 0.15) is 6.04 Å². The Morgan fingerprint density at radius 3 is 2.26 bits per heavy atom. The first kappa shape index (κ1) is 15.8. The van der Waals surface area contributed by atoms with Crippen LogP contribution in [0.1, 0.15) is 11.7 Å². The molecular weight excluding hydrogens is 314 g/mol. The summed E-state index contributed by atoms with van der Waals surface area (Å²) in [6.45, 7) is 0. The molecule has 0 saturated carbocycles. The molecule has 0 aromatic carbocycles. The summed E-state index contributed by atoms with van der Waals surface area (Å²) in [4.78, 5) is 49.0. The Bertz CT molecular complexity index is 788. The number of H-pyrrole nitrogens is 1. The average molecular weight is 323 g/mol. The van der Waals surface area contributed by atoms with Crippen LogP contribution in [0.15, 0.2) is 29.7 Å². The van der Waals surface area contributed by atoms with Crippen molar-refractivity contribution in [1.29, 1.82) is 0 Å². The van der Waals surface area contributed by atoms with Crippen LogP contribution in [-0.4, -0.2) is 35.5 Å². The topological polar surface area (TPSA) is 174 Å². The number of nitrogens with one attached hydrogen (secondary N) is 1. The molecule has 120 valence electrons. The van der Waals surface area contributed by atoms with Crippen molar-refractivity contribution in [3.8, 4) is 0 Å². The van der Waals surface area contributed by atoms with Crippen molar-refractivity contribution >= 4 is 17.3 Å². The highest BCUT2D eigenvalue weighted by Crippen LogP contribution is 2.19. The van der Waals surface area contributed by atoms with Crippen molar-refractivity contribution < 1.29 is 19.7 Å². The van der Waals surface area contributed by atoms with E-state index in [1.165, 1.54) is 12.5 Å². The van der Waals surface area contributed by atoms with Gasteiger partial charge in [0.25, 0.3) is 0 Å². The number of aliphatic carboxylic acids is 1. The Labute approximate surface area is 126 Å². The highest BCUT2D eigenvalue weighted by molar-refractivity contribution is 5.72. The zero-order valence-electron chi connectivity index (χ0n) is 11.3. The van der Waals surface area contributed by atoms with Gasteiger partial charge < -0.3 is 14.7 Å². The summed E-state index contributed by atoms with van der Waals surface area (Å²) >= 11 is 0. The van der Waals surface area contributed by atoms with Crippen molar-refractivity contribution in [3.63, 3.8) is 0 Å². The predicted molar refractivity (Wildman–Crippen MR) is 73.0 cm³/mol. The minimum Gasteiger partial charge on any atom is -0.480 e. The maximum atomic E-state index is 11.7. The van der Waals surface area contributed by atoms with Gasteiger partial charge in [0.15, 0.2) is 0 Å². The van der Waals surface area contributed by atoms with Crippen LogP contribution in [0.3, 0.4) is 0 Å². The van der Waals surface area contributed by atoms with Crippen molar-refractivity contribution in [3.05, 3.63) is 61.1 Å². The van der Waals surface area contributed by atoms with E-state index >= 15 is 0 Å². The normalized spacial score (nSPS) is 11.8. The van der Waals surface area contributed by atoms with Gasteiger partial charge in [0, 0.05) is 18.3 Å². The van der Waals surface area contributed by atoms with E-state index in [0.717, 1.165) is 4.57 Å². The number of hydrogen-bond donors (Lipinski definition) is 2. The maximum absolute atomic E-state index is 11.7. The molecule has 2 aromatic rings. The summed E-state index contributed by atoms with van der Waals surface area (Å²) in [6, 6.07) is -1.39. The lowest BCUT2D eigenvalue weighted by atomic mass is 10.1. The maximum Gasteiger partial charge on any atom is 0.339 e. The van der Waals surface area contributed by atoms with Crippen LogP contribution < -0.4 is 5.43 Å². The molecule has 2 aromatic heterocycles. The smallest absolute Gasteiger partial charge is 0.339 e. The zero-order chi connectivity index (χ0) is 17.1. The highest BCUT2D eigenvalue weighted by Gasteiger charge is 2.29. The first-order chi connectivity index (χ1) is 10.8. The Morgan fingerprint density at radius 2 is 1.87 bits per heavy atom. The van der Waals surface area contributed by atoms with Gasteiger partial charge in [-0.3, -0.25) is 25.0 Å². The van der Waals surface area contributed by atoms with Gasteiger partial charge in [-0.1, -0.05) is 0 Å². The second-order valence-electron chi connectivity index (χ2n) is 4.45. The molecule has 0 amide bonds. The van der Waals surface area contributed by atoms with Crippen molar-refractivity contribution in [2.75, 3.05) is 0 Å². The van der Waals surface area contributed by atoms with Gasteiger partial charge in [-0.15, -0.1) is 0 Å². The summed E-state index contributed by atoms with van der Waals surface area (Å²) in [6.07, 6.45) is 3.84. The van der Waals surface area contributed by atoms with Crippen molar-refractivity contribution in [2.24, 2.45) is 0 Å². The second-order valence-corrected chi connectivity index (χ2v) is 4.45. The zero-order valence-corrected chi connectivity index (χ0v) is 11.3. The summed E-state index contributed by atoms with van der Waals surface area (Å²) in [5, 5.41) is 31.0. The van der Waals surface area contributed by atoms with Gasteiger partial charge in [0.05, 0.1) is 28.6 Å². The fraction of sp³-hybridized carbons (Fsp3) is 0.182. The predicted octanol–water partition coefficient (Wildman–Crippen LogP) is 0.256. The number of nitro groups is 2. The van der Waals surface area contributed by atoms with Crippen LogP contribution >= 0.6 is 0 Å². The van der Waals surface area contributed by atoms with Crippen LogP contribution in [-0.2, 0) is 11.2 Å². The van der Waals surface area contributed by atoms with E-state index < -0.39 is 38.7 Å². The van der Waals surface area contributed by atoms with Crippen LogP contribution in [0, 0.1) is 20.2 Å². The van der Waals surface area contributed by atoms with Gasteiger partial charge in [-0.05, 0) is 0 Å². The number of carboxylic acids is 1. The van der Waals surface area contributed by atoms with E-state index in [0.29, 0.717) is 18.1 Å². The number of carbonyl (C=O) groups is 1. The number of nitrogens with zero attached hydrogens (tertiary/aromatic N) is 4. The summed E-state index contributed by atoms with van der Waals surface area (Å²) in [5.74, 6) is -1.38. The molecule has 0 aliphatic carbocycles. The molecular formula is C11H9N5O7. The van der Waals surface area contributed by atoms with Gasteiger partial charge >= 0.3 is 22.8 Å². The Balaban J connectivity index is 2.58. The fourth-order valence-corrected chi connectivity index (χ4v) is 1.93. The summed E-state index contributed by atoms with van der Waals surface area (Å²) < 4.78 is 0.765. The molecule has 2 N–H and O–H groups in total. The number of hydrogen-bond acceptors (Lipinski definition) is 7. The standard InChI is InChI=1S/C11H9N5O7/c17-10-8(15(20)21)3-14(4-9(10)16(22)23)7(11(18)19)1-6-2-12-5-13-6/h2-5,7H,1H2,(H,12,13)(H,18,19)/t7-/m0/s1. The third-order valence-electron chi connectivity index (χ3n) is 3.01. The number of pyridine rings is 1. The number of aromatic nitrogens is 3. The Hall–Kier alpha value is -3.57. The lowest BCUT2D eigenvalue weighted by Crippen LogP contribution is -2.25. The molecule has 0 bridgehead atoms. The number of imidazole rings is 1. The van der Waals surface area contributed by atoms with Crippen LogP contribution in [0.4, 0.5) is 11.4 Å². The van der Waals surface area contributed by atoms with E-state index in [1.807, 2.05) is 0 Å². The third-order valence-corrected chi connectivity index (χ3v) is 3.01. The van der Waals surface area contributed by atoms with Gasteiger partial charge in [-0.2, -0.15) is 0 Å². The fourth-order valence-electron chi connectivity index (χ4n) is 1.93. The summed E-state index contributed by atoms with van der Waals surface area (Å²) in [7, 11) is 0. The SMILES string of the molecule is O=C(O)[C@H](Cc1cnc[nH]1)n1cc([N+](=O)[O-])c(=O)c([N+](=O)[O-])c1. The molecule has 12 nitrogen and oxygen atoms in total. The minimum atomic E-state index is -1.39. The number of aromatic amines is 1. The molecule has 0 aliphatic heterocycles. The molecule has 23 heavy (non-hydrogen) atoms. The molecule has 0 spiro atoms. The number of rotatable bonds is 6. The molecule has 0 unspecified atom stereocenters.